The van der Waals surface area contributed by atoms with E-state index in [4.69, 9.17) is 0 Å². The Morgan fingerprint density at radius 1 is 1.29 bits per heavy atom. The SMILES string of the molecule is CCCCN(c1cccc(F)c1CNC(C)(C)C)C1CC1. The van der Waals surface area contributed by atoms with Gasteiger partial charge in [-0.15, -0.1) is 0 Å². The summed E-state index contributed by atoms with van der Waals surface area (Å²) >= 11 is 0. The molecular weight excluding hydrogens is 263 g/mol. The van der Waals surface area contributed by atoms with Crippen LogP contribution in [0.25, 0.3) is 0 Å². The monoisotopic (exact) mass is 292 g/mol. The average Bonchev–Trinajstić information content (AvgIpc) is 3.22. The van der Waals surface area contributed by atoms with Crippen molar-refractivity contribution in [2.45, 2.75) is 71.5 Å². The van der Waals surface area contributed by atoms with Gasteiger partial charge in [0.15, 0.2) is 0 Å². The number of unbranched alkanes of at least 4 members (excludes halogenated alkanes) is 1. The van der Waals surface area contributed by atoms with Crippen LogP contribution in [0, 0.1) is 5.82 Å². The van der Waals surface area contributed by atoms with Crippen molar-refractivity contribution in [3.05, 3.63) is 29.6 Å². The van der Waals surface area contributed by atoms with Gasteiger partial charge in [0.2, 0.25) is 0 Å². The van der Waals surface area contributed by atoms with E-state index in [0.29, 0.717) is 12.6 Å². The molecule has 118 valence electrons. The summed E-state index contributed by atoms with van der Waals surface area (Å²) in [5.41, 5.74) is 1.89. The van der Waals surface area contributed by atoms with E-state index in [2.05, 4.69) is 44.0 Å². The van der Waals surface area contributed by atoms with Crippen LogP contribution in [0.3, 0.4) is 0 Å². The minimum absolute atomic E-state index is 0.00657. The maximum Gasteiger partial charge on any atom is 0.129 e. The average molecular weight is 292 g/mol. The number of anilines is 1. The molecule has 1 aliphatic rings. The number of hydrogen-bond donors (Lipinski definition) is 1. The van der Waals surface area contributed by atoms with Crippen molar-refractivity contribution in [1.29, 1.82) is 0 Å². The number of benzene rings is 1. The van der Waals surface area contributed by atoms with Crippen LogP contribution in [0.1, 0.15) is 58.9 Å². The predicted octanol–water partition coefficient (Wildman–Crippen LogP) is 4.48. The summed E-state index contributed by atoms with van der Waals surface area (Å²) < 4.78 is 14.3. The zero-order chi connectivity index (χ0) is 15.5. The van der Waals surface area contributed by atoms with Gasteiger partial charge in [0.25, 0.3) is 0 Å². The smallest absolute Gasteiger partial charge is 0.129 e. The molecule has 1 aromatic carbocycles. The minimum Gasteiger partial charge on any atom is -0.368 e. The summed E-state index contributed by atoms with van der Waals surface area (Å²) in [5, 5.41) is 3.42. The van der Waals surface area contributed by atoms with Crippen LogP contribution in [0.5, 0.6) is 0 Å². The van der Waals surface area contributed by atoms with E-state index in [1.807, 2.05) is 6.07 Å². The van der Waals surface area contributed by atoms with Gasteiger partial charge in [-0.05, 0) is 52.2 Å². The predicted molar refractivity (Wildman–Crippen MR) is 88.3 cm³/mol. The van der Waals surface area contributed by atoms with Gasteiger partial charge in [0, 0.05) is 35.9 Å². The Bertz CT molecular complexity index is 461. The minimum atomic E-state index is -0.0913. The summed E-state index contributed by atoms with van der Waals surface area (Å²) in [7, 11) is 0. The van der Waals surface area contributed by atoms with Gasteiger partial charge in [0.1, 0.15) is 5.82 Å². The Morgan fingerprint density at radius 3 is 2.57 bits per heavy atom. The zero-order valence-electron chi connectivity index (χ0n) is 13.9. The number of rotatable bonds is 7. The summed E-state index contributed by atoms with van der Waals surface area (Å²) in [5.74, 6) is -0.0913. The second-order valence-electron chi connectivity index (χ2n) is 7.12. The topological polar surface area (TPSA) is 15.3 Å². The van der Waals surface area contributed by atoms with Crippen molar-refractivity contribution in [3.8, 4) is 0 Å². The van der Waals surface area contributed by atoms with Gasteiger partial charge in [0.05, 0.1) is 0 Å². The maximum absolute atomic E-state index is 14.3. The number of nitrogens with zero attached hydrogens (tertiary/aromatic N) is 1. The standard InChI is InChI=1S/C18H29FN2/c1-5-6-12-21(14-10-11-14)17-9-7-8-16(19)15(17)13-20-18(2,3)4/h7-9,14,20H,5-6,10-13H2,1-4H3. The Hall–Kier alpha value is -1.09. The molecule has 0 heterocycles. The summed E-state index contributed by atoms with van der Waals surface area (Å²) in [4.78, 5) is 2.42. The van der Waals surface area contributed by atoms with E-state index < -0.39 is 0 Å². The molecule has 0 radical (unpaired) electrons. The molecule has 1 aliphatic carbocycles. The van der Waals surface area contributed by atoms with Crippen LogP contribution in [0.2, 0.25) is 0 Å². The quantitative estimate of drug-likeness (QED) is 0.797. The number of hydrogen-bond acceptors (Lipinski definition) is 2. The lowest BCUT2D eigenvalue weighted by atomic mass is 10.1. The Balaban J connectivity index is 2.22. The van der Waals surface area contributed by atoms with Crippen LogP contribution in [-0.4, -0.2) is 18.1 Å². The van der Waals surface area contributed by atoms with Gasteiger partial charge in [-0.2, -0.15) is 0 Å². The lowest BCUT2D eigenvalue weighted by molar-refractivity contribution is 0.418. The molecule has 0 atom stereocenters. The van der Waals surface area contributed by atoms with Crippen LogP contribution in [-0.2, 0) is 6.54 Å². The molecule has 0 unspecified atom stereocenters. The van der Waals surface area contributed by atoms with E-state index in [0.717, 1.165) is 17.8 Å². The molecule has 1 N–H and O–H groups in total. The molecule has 1 aromatic rings. The van der Waals surface area contributed by atoms with Crippen molar-refractivity contribution in [3.63, 3.8) is 0 Å². The summed E-state index contributed by atoms with van der Waals surface area (Å²) in [6.45, 7) is 10.2. The van der Waals surface area contributed by atoms with Crippen molar-refractivity contribution in [1.82, 2.24) is 5.32 Å². The fraction of sp³-hybridized carbons (Fsp3) is 0.667. The molecule has 0 spiro atoms. The van der Waals surface area contributed by atoms with Gasteiger partial charge >= 0.3 is 0 Å². The van der Waals surface area contributed by atoms with Crippen molar-refractivity contribution >= 4 is 5.69 Å². The molecule has 1 fully saturated rings. The highest BCUT2D eigenvalue weighted by Crippen LogP contribution is 2.34. The van der Waals surface area contributed by atoms with Gasteiger partial charge in [-0.3, -0.25) is 0 Å². The largest absolute Gasteiger partial charge is 0.368 e. The third-order valence-corrected chi connectivity index (χ3v) is 3.94. The Morgan fingerprint density at radius 2 is 2.00 bits per heavy atom. The van der Waals surface area contributed by atoms with Gasteiger partial charge < -0.3 is 10.2 Å². The van der Waals surface area contributed by atoms with E-state index in [1.54, 1.807) is 6.07 Å². The second kappa shape index (κ2) is 6.78. The Labute approximate surface area is 128 Å². The van der Waals surface area contributed by atoms with E-state index in [9.17, 15) is 4.39 Å². The van der Waals surface area contributed by atoms with Crippen molar-refractivity contribution in [2.75, 3.05) is 11.4 Å². The molecule has 0 aliphatic heterocycles. The number of nitrogens with one attached hydrogen (secondary N) is 1. The first kappa shape index (κ1) is 16.3. The fourth-order valence-electron chi connectivity index (χ4n) is 2.56. The van der Waals surface area contributed by atoms with Crippen LogP contribution >= 0.6 is 0 Å². The zero-order valence-corrected chi connectivity index (χ0v) is 13.9. The van der Waals surface area contributed by atoms with Crippen LogP contribution < -0.4 is 10.2 Å². The van der Waals surface area contributed by atoms with E-state index >= 15 is 0 Å². The molecule has 0 saturated heterocycles. The highest BCUT2D eigenvalue weighted by atomic mass is 19.1. The molecule has 0 aromatic heterocycles. The third-order valence-electron chi connectivity index (χ3n) is 3.94. The second-order valence-corrected chi connectivity index (χ2v) is 7.12. The number of halogens is 1. The normalized spacial score (nSPS) is 15.3. The molecule has 1 saturated carbocycles. The molecule has 3 heteroatoms. The van der Waals surface area contributed by atoms with Gasteiger partial charge in [-0.1, -0.05) is 19.4 Å². The Kier molecular flexibility index (Phi) is 5.26. The highest BCUT2D eigenvalue weighted by Gasteiger charge is 2.30. The van der Waals surface area contributed by atoms with Gasteiger partial charge in [-0.25, -0.2) is 4.39 Å². The lowest BCUT2D eigenvalue weighted by Gasteiger charge is -2.29. The summed E-state index contributed by atoms with van der Waals surface area (Å²) in [6.07, 6.45) is 4.83. The van der Waals surface area contributed by atoms with E-state index in [-0.39, 0.29) is 11.4 Å². The third kappa shape index (κ3) is 4.70. The van der Waals surface area contributed by atoms with E-state index in [1.165, 1.54) is 25.7 Å². The molecule has 2 rings (SSSR count). The molecule has 2 nitrogen and oxygen atoms in total. The van der Waals surface area contributed by atoms with Crippen molar-refractivity contribution < 1.29 is 4.39 Å². The van der Waals surface area contributed by atoms with Crippen LogP contribution in [0.15, 0.2) is 18.2 Å². The maximum atomic E-state index is 14.3. The van der Waals surface area contributed by atoms with Crippen LogP contribution in [0.4, 0.5) is 10.1 Å². The first-order chi connectivity index (χ1) is 9.92. The molecule has 0 amide bonds. The summed E-state index contributed by atoms with van der Waals surface area (Å²) in [6, 6.07) is 6.11. The highest BCUT2D eigenvalue weighted by molar-refractivity contribution is 5.56. The molecular formula is C18H29FN2. The fourth-order valence-corrected chi connectivity index (χ4v) is 2.56. The lowest BCUT2D eigenvalue weighted by Crippen LogP contribution is -2.36. The molecule has 0 bridgehead atoms. The first-order valence-electron chi connectivity index (χ1n) is 8.21. The first-order valence-corrected chi connectivity index (χ1v) is 8.21. The molecule has 21 heavy (non-hydrogen) atoms. The van der Waals surface area contributed by atoms with Crippen molar-refractivity contribution in [2.24, 2.45) is 0 Å².